The first-order valence-corrected chi connectivity index (χ1v) is 11.1. The second-order valence-corrected chi connectivity index (χ2v) is 8.18. The molecule has 0 spiro atoms. The van der Waals surface area contributed by atoms with E-state index in [2.05, 4.69) is 5.32 Å². The minimum atomic E-state index is -0.849. The van der Waals surface area contributed by atoms with Crippen molar-refractivity contribution in [3.63, 3.8) is 0 Å². The van der Waals surface area contributed by atoms with Gasteiger partial charge in [-0.15, -0.1) is 0 Å². The van der Waals surface area contributed by atoms with Crippen molar-refractivity contribution >= 4 is 29.6 Å². The summed E-state index contributed by atoms with van der Waals surface area (Å²) in [5.74, 6) is 0.304. The highest BCUT2D eigenvalue weighted by molar-refractivity contribution is 6.39. The molecule has 0 aliphatic carbocycles. The molecule has 2 aliphatic rings. The summed E-state index contributed by atoms with van der Waals surface area (Å²) in [6.07, 6.45) is 1.40. The number of methoxy groups -OCH3 is 1. The van der Waals surface area contributed by atoms with E-state index in [-0.39, 0.29) is 18.1 Å². The van der Waals surface area contributed by atoms with E-state index in [1.54, 1.807) is 30.3 Å². The van der Waals surface area contributed by atoms with Crippen molar-refractivity contribution in [2.24, 2.45) is 0 Å². The minimum Gasteiger partial charge on any atom is -0.493 e. The summed E-state index contributed by atoms with van der Waals surface area (Å²) in [7, 11) is 1.50. The van der Waals surface area contributed by atoms with E-state index in [4.69, 9.17) is 18.9 Å². The summed E-state index contributed by atoms with van der Waals surface area (Å²) >= 11 is 0. The Morgan fingerprint density at radius 1 is 0.972 bits per heavy atom. The van der Waals surface area contributed by atoms with Crippen LogP contribution in [0.4, 0.5) is 10.5 Å². The predicted molar refractivity (Wildman–Crippen MR) is 130 cm³/mol. The van der Waals surface area contributed by atoms with E-state index in [1.807, 2.05) is 31.2 Å². The minimum absolute atomic E-state index is 0.0507. The fraction of sp³-hybridized carbons (Fsp3) is 0.148. The van der Waals surface area contributed by atoms with Gasteiger partial charge in [0.05, 0.1) is 12.8 Å². The number of carbonyl (C=O) groups is 3. The van der Waals surface area contributed by atoms with Gasteiger partial charge in [0.25, 0.3) is 11.8 Å². The Kier molecular flexibility index (Phi) is 6.03. The number of ether oxygens (including phenoxy) is 4. The molecule has 36 heavy (non-hydrogen) atoms. The molecule has 5 rings (SSSR count). The van der Waals surface area contributed by atoms with Gasteiger partial charge >= 0.3 is 6.03 Å². The summed E-state index contributed by atoms with van der Waals surface area (Å²) in [5, 5.41) is 2.21. The van der Waals surface area contributed by atoms with Crippen molar-refractivity contribution in [1.82, 2.24) is 5.32 Å². The standard InChI is InChI=1S/C27H22N2O7/c1-16-4-3-5-18(10-16)14-34-21-8-6-17(12-23(21)33-2)11-20-25(30)28-27(32)29(26(20)31)19-7-9-22-24(13-19)36-15-35-22/h3-13H,14-15H2,1-2H3,(H,28,30,32)/b20-11+. The van der Waals surface area contributed by atoms with E-state index in [0.717, 1.165) is 16.0 Å². The van der Waals surface area contributed by atoms with Crippen molar-refractivity contribution < 1.29 is 33.3 Å². The van der Waals surface area contributed by atoms with Crippen molar-refractivity contribution in [2.45, 2.75) is 13.5 Å². The number of fused-ring (bicyclic) bond motifs is 1. The summed E-state index contributed by atoms with van der Waals surface area (Å²) < 4.78 is 22.0. The summed E-state index contributed by atoms with van der Waals surface area (Å²) in [4.78, 5) is 39.1. The molecule has 9 heteroatoms. The summed E-state index contributed by atoms with van der Waals surface area (Å²) in [5.41, 5.74) is 2.71. The molecule has 1 N–H and O–H groups in total. The number of hydrogen-bond donors (Lipinski definition) is 1. The maximum absolute atomic E-state index is 13.2. The topological polar surface area (TPSA) is 103 Å². The number of aryl methyl sites for hydroxylation is 1. The lowest BCUT2D eigenvalue weighted by Gasteiger charge is -2.26. The summed E-state index contributed by atoms with van der Waals surface area (Å²) in [6.45, 7) is 2.41. The SMILES string of the molecule is COc1cc(/C=C2\C(=O)NC(=O)N(c3ccc4c(c3)OCO4)C2=O)ccc1OCc1cccc(C)c1. The fourth-order valence-corrected chi connectivity index (χ4v) is 3.94. The van der Waals surface area contributed by atoms with Crippen LogP contribution < -0.4 is 29.2 Å². The third-order valence-electron chi connectivity index (χ3n) is 5.69. The van der Waals surface area contributed by atoms with Gasteiger partial charge in [0.1, 0.15) is 12.2 Å². The molecule has 0 saturated carbocycles. The number of nitrogens with one attached hydrogen (secondary N) is 1. The zero-order valence-electron chi connectivity index (χ0n) is 19.6. The van der Waals surface area contributed by atoms with E-state index in [9.17, 15) is 14.4 Å². The number of imide groups is 2. The van der Waals surface area contributed by atoms with Crippen LogP contribution in [0.25, 0.3) is 6.08 Å². The van der Waals surface area contributed by atoms with Crippen molar-refractivity contribution in [2.75, 3.05) is 18.8 Å². The molecule has 1 fully saturated rings. The van der Waals surface area contributed by atoms with Gasteiger partial charge < -0.3 is 18.9 Å². The second-order valence-electron chi connectivity index (χ2n) is 8.18. The van der Waals surface area contributed by atoms with Gasteiger partial charge in [-0.05, 0) is 48.4 Å². The Balaban J connectivity index is 1.40. The van der Waals surface area contributed by atoms with E-state index in [1.165, 1.54) is 19.3 Å². The Labute approximate surface area is 206 Å². The first-order valence-electron chi connectivity index (χ1n) is 11.1. The van der Waals surface area contributed by atoms with Gasteiger partial charge in [0.15, 0.2) is 23.0 Å². The third kappa shape index (κ3) is 4.46. The molecule has 0 unspecified atom stereocenters. The fourth-order valence-electron chi connectivity index (χ4n) is 3.94. The zero-order chi connectivity index (χ0) is 25.2. The quantitative estimate of drug-likeness (QED) is 0.415. The number of nitrogens with zero attached hydrogens (tertiary/aromatic N) is 1. The lowest BCUT2D eigenvalue weighted by molar-refractivity contribution is -0.122. The van der Waals surface area contributed by atoms with Crippen LogP contribution in [-0.4, -0.2) is 31.7 Å². The van der Waals surface area contributed by atoms with E-state index >= 15 is 0 Å². The summed E-state index contributed by atoms with van der Waals surface area (Å²) in [6, 6.07) is 16.8. The highest BCUT2D eigenvalue weighted by Crippen LogP contribution is 2.36. The average Bonchev–Trinajstić information content (AvgIpc) is 3.33. The second kappa shape index (κ2) is 9.46. The van der Waals surface area contributed by atoms with Crippen LogP contribution in [0.15, 0.2) is 66.2 Å². The number of benzene rings is 3. The molecule has 4 amide bonds. The molecule has 3 aromatic carbocycles. The highest BCUT2D eigenvalue weighted by atomic mass is 16.7. The smallest absolute Gasteiger partial charge is 0.335 e. The normalized spacial score (nSPS) is 15.8. The average molecular weight is 486 g/mol. The highest BCUT2D eigenvalue weighted by Gasteiger charge is 2.37. The number of barbiturate groups is 1. The molecule has 0 atom stereocenters. The molecule has 0 bridgehead atoms. The van der Waals surface area contributed by atoms with Gasteiger partial charge in [-0.25, -0.2) is 9.69 Å². The number of hydrogen-bond acceptors (Lipinski definition) is 7. The Morgan fingerprint density at radius 2 is 1.81 bits per heavy atom. The number of rotatable bonds is 6. The van der Waals surface area contributed by atoms with Gasteiger partial charge in [-0.1, -0.05) is 35.9 Å². The predicted octanol–water partition coefficient (Wildman–Crippen LogP) is 3.98. The van der Waals surface area contributed by atoms with Gasteiger partial charge in [0.2, 0.25) is 6.79 Å². The van der Waals surface area contributed by atoms with Crippen LogP contribution in [0, 0.1) is 6.92 Å². The zero-order valence-corrected chi connectivity index (χ0v) is 19.6. The lowest BCUT2D eigenvalue weighted by atomic mass is 10.1. The molecule has 182 valence electrons. The first-order chi connectivity index (χ1) is 17.4. The van der Waals surface area contributed by atoms with Crippen molar-refractivity contribution in [1.29, 1.82) is 0 Å². The maximum atomic E-state index is 13.2. The van der Waals surface area contributed by atoms with E-state index < -0.39 is 17.8 Å². The van der Waals surface area contributed by atoms with Crippen LogP contribution in [-0.2, 0) is 16.2 Å². The Hall–Kier alpha value is -4.79. The largest absolute Gasteiger partial charge is 0.493 e. The van der Waals surface area contributed by atoms with Crippen LogP contribution in [0.2, 0.25) is 0 Å². The Bertz CT molecular complexity index is 1410. The third-order valence-corrected chi connectivity index (χ3v) is 5.69. The lowest BCUT2D eigenvalue weighted by Crippen LogP contribution is -2.54. The number of anilines is 1. The first kappa shape index (κ1) is 23.0. The molecule has 1 saturated heterocycles. The van der Waals surface area contributed by atoms with E-state index in [0.29, 0.717) is 35.2 Å². The van der Waals surface area contributed by atoms with Gasteiger partial charge in [-0.3, -0.25) is 14.9 Å². The van der Waals surface area contributed by atoms with Gasteiger partial charge in [0, 0.05) is 6.07 Å². The van der Waals surface area contributed by atoms with Crippen molar-refractivity contribution in [3.05, 3.63) is 82.9 Å². The molecule has 3 aromatic rings. The molecule has 2 aliphatic heterocycles. The van der Waals surface area contributed by atoms with Crippen LogP contribution in [0.1, 0.15) is 16.7 Å². The number of amides is 4. The number of urea groups is 1. The molecule has 9 nitrogen and oxygen atoms in total. The monoisotopic (exact) mass is 486 g/mol. The van der Waals surface area contributed by atoms with Crippen LogP contribution >= 0.6 is 0 Å². The van der Waals surface area contributed by atoms with Gasteiger partial charge in [-0.2, -0.15) is 0 Å². The maximum Gasteiger partial charge on any atom is 0.335 e. The van der Waals surface area contributed by atoms with Crippen molar-refractivity contribution in [3.8, 4) is 23.0 Å². The number of carbonyl (C=O) groups excluding carboxylic acids is 3. The molecular formula is C27H22N2O7. The van der Waals surface area contributed by atoms with Crippen LogP contribution in [0.3, 0.4) is 0 Å². The molecule has 2 heterocycles. The molecule has 0 aromatic heterocycles. The van der Waals surface area contributed by atoms with Crippen LogP contribution in [0.5, 0.6) is 23.0 Å². The molecule has 0 radical (unpaired) electrons. The molecular weight excluding hydrogens is 464 g/mol. The Morgan fingerprint density at radius 3 is 2.61 bits per heavy atom.